The second-order valence-electron chi connectivity index (χ2n) is 3.36. The summed E-state index contributed by atoms with van der Waals surface area (Å²) in [7, 11) is 0. The number of alkyl halides is 1. The van der Waals surface area contributed by atoms with E-state index in [4.69, 9.17) is 4.74 Å². The van der Waals surface area contributed by atoms with Crippen molar-refractivity contribution in [3.63, 3.8) is 0 Å². The van der Waals surface area contributed by atoms with Crippen LogP contribution in [0.4, 0.5) is 0 Å². The molecule has 0 aliphatic carbocycles. The number of rotatable bonds is 6. The number of nitrogens with zero attached hydrogens (tertiary/aromatic N) is 1. The van der Waals surface area contributed by atoms with Crippen molar-refractivity contribution in [2.24, 2.45) is 0 Å². The third-order valence-electron chi connectivity index (χ3n) is 1.86. The van der Waals surface area contributed by atoms with Gasteiger partial charge in [0.25, 0.3) is 0 Å². The van der Waals surface area contributed by atoms with E-state index in [1.54, 1.807) is 6.92 Å². The molecule has 0 fully saturated rings. The van der Waals surface area contributed by atoms with Crippen molar-refractivity contribution in [2.75, 3.05) is 18.5 Å². The Balaban J connectivity index is 4.27. The fourth-order valence-electron chi connectivity index (χ4n) is 1.13. The van der Waals surface area contributed by atoms with Gasteiger partial charge < -0.3 is 9.64 Å². The molecule has 0 saturated carbocycles. The highest BCUT2D eigenvalue weighted by Gasteiger charge is 2.19. The van der Waals surface area contributed by atoms with E-state index in [1.807, 2.05) is 13.8 Å². The van der Waals surface area contributed by atoms with Crippen LogP contribution in [0.1, 0.15) is 27.2 Å². The molecule has 15 heavy (non-hydrogen) atoms. The maximum absolute atomic E-state index is 11.6. The Bertz CT molecular complexity index is 219. The van der Waals surface area contributed by atoms with E-state index < -0.39 is 0 Å². The molecule has 0 aliphatic rings. The van der Waals surface area contributed by atoms with Gasteiger partial charge in [0.2, 0.25) is 5.91 Å². The predicted molar refractivity (Wildman–Crippen MR) is 61.9 cm³/mol. The largest absolute Gasteiger partial charge is 0.465 e. The summed E-state index contributed by atoms with van der Waals surface area (Å²) < 4.78 is 4.81. The minimum absolute atomic E-state index is 0.0148. The van der Waals surface area contributed by atoms with Crippen LogP contribution in [-0.2, 0) is 14.3 Å². The maximum Gasteiger partial charge on any atom is 0.325 e. The van der Waals surface area contributed by atoms with E-state index in [9.17, 15) is 9.59 Å². The molecule has 0 spiro atoms. The average molecular weight is 280 g/mol. The lowest BCUT2D eigenvalue weighted by atomic mass is 10.3. The SMILES string of the molecule is CCOC(=O)CN(C(=O)CCBr)C(C)C. The van der Waals surface area contributed by atoms with Gasteiger partial charge >= 0.3 is 5.97 Å². The summed E-state index contributed by atoms with van der Waals surface area (Å²) >= 11 is 3.20. The molecule has 88 valence electrons. The summed E-state index contributed by atoms with van der Waals surface area (Å²) in [4.78, 5) is 24.4. The van der Waals surface area contributed by atoms with Gasteiger partial charge in [0.05, 0.1) is 6.61 Å². The lowest BCUT2D eigenvalue weighted by Gasteiger charge is -2.25. The zero-order valence-electron chi connectivity index (χ0n) is 9.46. The number of carbonyl (C=O) groups is 2. The number of hydrogen-bond acceptors (Lipinski definition) is 3. The molecule has 0 atom stereocenters. The van der Waals surface area contributed by atoms with Crippen molar-refractivity contribution in [2.45, 2.75) is 33.2 Å². The van der Waals surface area contributed by atoms with Crippen LogP contribution in [0.15, 0.2) is 0 Å². The topological polar surface area (TPSA) is 46.6 Å². The number of ether oxygens (including phenoxy) is 1. The van der Waals surface area contributed by atoms with Crippen LogP contribution in [-0.4, -0.2) is 41.3 Å². The van der Waals surface area contributed by atoms with Crippen LogP contribution >= 0.6 is 15.9 Å². The van der Waals surface area contributed by atoms with Gasteiger partial charge in [-0.2, -0.15) is 0 Å². The minimum atomic E-state index is -0.353. The number of halogens is 1. The molecular formula is C10H18BrNO3. The Hall–Kier alpha value is -0.580. The molecule has 0 N–H and O–H groups in total. The highest BCUT2D eigenvalue weighted by atomic mass is 79.9. The average Bonchev–Trinajstić information content (AvgIpc) is 2.14. The number of carbonyl (C=O) groups excluding carboxylic acids is 2. The third-order valence-corrected chi connectivity index (χ3v) is 2.25. The zero-order valence-corrected chi connectivity index (χ0v) is 11.0. The Labute approximate surface area is 99.1 Å². The lowest BCUT2D eigenvalue weighted by molar-refractivity contribution is -0.149. The van der Waals surface area contributed by atoms with Crippen molar-refractivity contribution in [3.8, 4) is 0 Å². The molecule has 0 unspecified atom stereocenters. The first kappa shape index (κ1) is 14.4. The zero-order chi connectivity index (χ0) is 11.8. The summed E-state index contributed by atoms with van der Waals surface area (Å²) in [6.07, 6.45) is 0.400. The monoisotopic (exact) mass is 279 g/mol. The molecule has 0 aliphatic heterocycles. The van der Waals surface area contributed by atoms with E-state index in [0.29, 0.717) is 18.4 Å². The van der Waals surface area contributed by atoms with Gasteiger partial charge in [0, 0.05) is 17.8 Å². The maximum atomic E-state index is 11.6. The van der Waals surface area contributed by atoms with Crippen LogP contribution in [0.25, 0.3) is 0 Å². The van der Waals surface area contributed by atoms with Crippen LogP contribution in [0.3, 0.4) is 0 Å². The van der Waals surface area contributed by atoms with Gasteiger partial charge in [-0.05, 0) is 20.8 Å². The molecule has 0 aromatic heterocycles. The van der Waals surface area contributed by atoms with Gasteiger partial charge in [0.1, 0.15) is 6.54 Å². The Morgan fingerprint density at radius 1 is 1.40 bits per heavy atom. The quantitative estimate of drug-likeness (QED) is 0.548. The lowest BCUT2D eigenvalue weighted by Crippen LogP contribution is -2.41. The molecule has 4 nitrogen and oxygen atoms in total. The summed E-state index contributed by atoms with van der Waals surface area (Å²) in [6, 6.07) is 0.0148. The van der Waals surface area contributed by atoms with E-state index in [1.165, 1.54) is 4.90 Å². The third kappa shape index (κ3) is 5.77. The summed E-state index contributed by atoms with van der Waals surface area (Å²) in [5.41, 5.74) is 0. The Kier molecular flexibility index (Phi) is 7.38. The van der Waals surface area contributed by atoms with Crippen LogP contribution in [0, 0.1) is 0 Å². The summed E-state index contributed by atoms with van der Waals surface area (Å²) in [5, 5.41) is 0.609. The molecule has 0 aromatic rings. The first-order valence-corrected chi connectivity index (χ1v) is 6.16. The molecule has 0 rings (SSSR count). The van der Waals surface area contributed by atoms with Gasteiger partial charge in [0.15, 0.2) is 0 Å². The molecule has 0 heterocycles. The smallest absolute Gasteiger partial charge is 0.325 e. The highest BCUT2D eigenvalue weighted by Crippen LogP contribution is 2.03. The molecule has 0 aromatic carbocycles. The molecule has 0 bridgehead atoms. The second-order valence-corrected chi connectivity index (χ2v) is 4.15. The fraction of sp³-hybridized carbons (Fsp3) is 0.800. The van der Waals surface area contributed by atoms with Crippen LogP contribution in [0.5, 0.6) is 0 Å². The normalized spacial score (nSPS) is 10.2. The van der Waals surface area contributed by atoms with Crippen molar-refractivity contribution >= 4 is 27.8 Å². The highest BCUT2D eigenvalue weighted by molar-refractivity contribution is 9.09. The summed E-state index contributed by atoms with van der Waals surface area (Å²) in [5.74, 6) is -0.385. The first-order chi connectivity index (χ1) is 7.02. The van der Waals surface area contributed by atoms with E-state index in [-0.39, 0.29) is 24.5 Å². The number of amides is 1. The Morgan fingerprint density at radius 3 is 2.40 bits per heavy atom. The number of hydrogen-bond donors (Lipinski definition) is 0. The van der Waals surface area contributed by atoms with Crippen LogP contribution in [0.2, 0.25) is 0 Å². The Morgan fingerprint density at radius 2 is 2.00 bits per heavy atom. The van der Waals surface area contributed by atoms with Crippen molar-refractivity contribution in [1.82, 2.24) is 4.90 Å². The standard InChI is InChI=1S/C10H18BrNO3/c1-4-15-10(14)7-12(8(2)3)9(13)5-6-11/h8H,4-7H2,1-3H3. The van der Waals surface area contributed by atoms with Crippen LogP contribution < -0.4 is 0 Å². The van der Waals surface area contributed by atoms with Crippen molar-refractivity contribution in [1.29, 1.82) is 0 Å². The molecule has 0 saturated heterocycles. The molecule has 0 radical (unpaired) electrons. The fourth-order valence-corrected chi connectivity index (χ4v) is 1.47. The van der Waals surface area contributed by atoms with Gasteiger partial charge in [-0.1, -0.05) is 15.9 Å². The molecule has 1 amide bonds. The van der Waals surface area contributed by atoms with Crippen molar-refractivity contribution < 1.29 is 14.3 Å². The van der Waals surface area contributed by atoms with E-state index >= 15 is 0 Å². The minimum Gasteiger partial charge on any atom is -0.465 e. The molecule has 5 heteroatoms. The second kappa shape index (κ2) is 7.68. The first-order valence-electron chi connectivity index (χ1n) is 5.04. The summed E-state index contributed by atoms with van der Waals surface area (Å²) in [6.45, 7) is 5.89. The van der Waals surface area contributed by atoms with Crippen molar-refractivity contribution in [3.05, 3.63) is 0 Å². The number of esters is 1. The predicted octanol–water partition coefficient (Wildman–Crippen LogP) is 1.57. The van der Waals surface area contributed by atoms with E-state index in [2.05, 4.69) is 15.9 Å². The van der Waals surface area contributed by atoms with E-state index in [0.717, 1.165) is 0 Å². The van der Waals surface area contributed by atoms with Gasteiger partial charge in [-0.25, -0.2) is 0 Å². The van der Waals surface area contributed by atoms with Gasteiger partial charge in [-0.15, -0.1) is 0 Å². The molecular weight excluding hydrogens is 262 g/mol. The van der Waals surface area contributed by atoms with Gasteiger partial charge in [-0.3, -0.25) is 9.59 Å².